The van der Waals surface area contributed by atoms with Crippen molar-refractivity contribution in [2.45, 2.75) is 26.3 Å². The number of hydrogen-bond acceptors (Lipinski definition) is 5. The molecular formula is C14H14Cl2N4O2. The van der Waals surface area contributed by atoms with Crippen LogP contribution in [0.25, 0.3) is 0 Å². The quantitative estimate of drug-likeness (QED) is 0.844. The van der Waals surface area contributed by atoms with Crippen molar-refractivity contribution in [3.05, 3.63) is 44.2 Å². The van der Waals surface area contributed by atoms with Gasteiger partial charge in [0.05, 0.1) is 18.5 Å². The first kappa shape index (κ1) is 16.4. The number of nitrogens with one attached hydrogen (secondary N) is 1. The highest BCUT2D eigenvalue weighted by Crippen LogP contribution is 2.30. The van der Waals surface area contributed by atoms with Crippen LogP contribution in [0.2, 0.25) is 10.0 Å². The van der Waals surface area contributed by atoms with E-state index in [1.54, 1.807) is 12.1 Å². The van der Waals surface area contributed by atoms with Gasteiger partial charge in [0.25, 0.3) is 0 Å². The Kier molecular flexibility index (Phi) is 5.11. The van der Waals surface area contributed by atoms with Crippen LogP contribution in [0.1, 0.15) is 31.3 Å². The highest BCUT2D eigenvalue weighted by molar-refractivity contribution is 6.36. The van der Waals surface area contributed by atoms with Crippen LogP contribution in [0.3, 0.4) is 0 Å². The van der Waals surface area contributed by atoms with Gasteiger partial charge in [0, 0.05) is 15.7 Å². The molecule has 6 nitrogen and oxygen atoms in total. The summed E-state index contributed by atoms with van der Waals surface area (Å²) in [6.45, 7) is 3.83. The molecule has 0 unspecified atom stereocenters. The molecule has 0 aliphatic heterocycles. The average molecular weight is 341 g/mol. The topological polar surface area (TPSA) is 83.8 Å². The standard InChI is InChI=1S/C14H14Cl2N4O2/c1-8(2)20-14(21)22-13(19-20)7-10-11(15)5-9(6-12(10)16)18-4-3-17/h5-6,8,18H,4,7H2,1-2H3. The van der Waals surface area contributed by atoms with E-state index in [1.807, 2.05) is 19.9 Å². The maximum Gasteiger partial charge on any atom is 0.437 e. The first-order valence-corrected chi connectivity index (χ1v) is 7.35. The van der Waals surface area contributed by atoms with E-state index in [0.717, 1.165) is 0 Å². The molecule has 2 rings (SSSR count). The molecule has 0 saturated carbocycles. The lowest BCUT2D eigenvalue weighted by atomic mass is 10.1. The molecule has 0 bridgehead atoms. The van der Waals surface area contributed by atoms with E-state index in [-0.39, 0.29) is 24.9 Å². The van der Waals surface area contributed by atoms with Gasteiger partial charge in [0.1, 0.15) is 6.54 Å². The minimum atomic E-state index is -0.510. The molecule has 1 heterocycles. The Morgan fingerprint density at radius 1 is 1.41 bits per heavy atom. The van der Waals surface area contributed by atoms with Crippen molar-refractivity contribution < 1.29 is 4.42 Å². The summed E-state index contributed by atoms with van der Waals surface area (Å²) in [6.07, 6.45) is 0.213. The summed E-state index contributed by atoms with van der Waals surface area (Å²) in [5, 5.41) is 16.4. The van der Waals surface area contributed by atoms with Crippen LogP contribution >= 0.6 is 23.2 Å². The first-order valence-electron chi connectivity index (χ1n) is 6.59. The fraction of sp³-hybridized carbons (Fsp3) is 0.357. The van der Waals surface area contributed by atoms with Crippen molar-refractivity contribution in [2.24, 2.45) is 0 Å². The second-order valence-corrected chi connectivity index (χ2v) is 5.72. The van der Waals surface area contributed by atoms with Gasteiger partial charge in [-0.15, -0.1) is 5.10 Å². The monoisotopic (exact) mass is 340 g/mol. The maximum absolute atomic E-state index is 11.6. The van der Waals surface area contributed by atoms with E-state index in [4.69, 9.17) is 32.9 Å². The van der Waals surface area contributed by atoms with Gasteiger partial charge in [-0.2, -0.15) is 9.94 Å². The Morgan fingerprint density at radius 2 is 2.05 bits per heavy atom. The molecule has 2 aromatic rings. The SMILES string of the molecule is CC(C)n1nc(Cc2c(Cl)cc(NCC#N)cc2Cl)oc1=O. The van der Waals surface area contributed by atoms with Gasteiger partial charge in [-0.1, -0.05) is 23.2 Å². The van der Waals surface area contributed by atoms with Gasteiger partial charge in [-0.3, -0.25) is 0 Å². The minimum absolute atomic E-state index is 0.0894. The summed E-state index contributed by atoms with van der Waals surface area (Å²) >= 11 is 12.4. The van der Waals surface area contributed by atoms with Crippen LogP contribution in [0.15, 0.2) is 21.3 Å². The first-order chi connectivity index (χ1) is 10.4. The molecule has 0 spiro atoms. The van der Waals surface area contributed by atoms with Gasteiger partial charge in [0.2, 0.25) is 5.89 Å². The molecule has 22 heavy (non-hydrogen) atoms. The molecule has 116 valence electrons. The molecule has 0 amide bonds. The summed E-state index contributed by atoms with van der Waals surface area (Å²) in [5.41, 5.74) is 1.26. The fourth-order valence-corrected chi connectivity index (χ4v) is 2.51. The number of aromatic nitrogens is 2. The van der Waals surface area contributed by atoms with Crippen LogP contribution in [0.5, 0.6) is 0 Å². The van der Waals surface area contributed by atoms with Crippen molar-refractivity contribution in [3.8, 4) is 6.07 Å². The number of benzene rings is 1. The number of nitrogens with zero attached hydrogens (tertiary/aromatic N) is 3. The highest BCUT2D eigenvalue weighted by atomic mass is 35.5. The predicted molar refractivity (Wildman–Crippen MR) is 84.5 cm³/mol. The second-order valence-electron chi connectivity index (χ2n) is 4.91. The lowest BCUT2D eigenvalue weighted by Gasteiger charge is -2.09. The third-order valence-electron chi connectivity index (χ3n) is 2.94. The van der Waals surface area contributed by atoms with E-state index in [9.17, 15) is 4.79 Å². The molecule has 1 N–H and O–H groups in total. The molecule has 8 heteroatoms. The molecule has 0 aliphatic rings. The van der Waals surface area contributed by atoms with Crippen LogP contribution in [-0.2, 0) is 6.42 Å². The number of rotatable bonds is 5. The fourth-order valence-electron chi connectivity index (χ4n) is 1.89. The zero-order valence-corrected chi connectivity index (χ0v) is 13.6. The van der Waals surface area contributed by atoms with Crippen molar-refractivity contribution in [3.63, 3.8) is 0 Å². The Balaban J connectivity index is 2.28. The maximum atomic E-state index is 11.6. The predicted octanol–water partition coefficient (Wildman–Crippen LogP) is 3.25. The Morgan fingerprint density at radius 3 is 2.55 bits per heavy atom. The molecule has 0 atom stereocenters. The van der Waals surface area contributed by atoms with Crippen molar-refractivity contribution >= 4 is 28.9 Å². The van der Waals surface area contributed by atoms with Gasteiger partial charge in [0.15, 0.2) is 0 Å². The highest BCUT2D eigenvalue weighted by Gasteiger charge is 2.15. The molecule has 1 aromatic heterocycles. The van der Waals surface area contributed by atoms with E-state index in [2.05, 4.69) is 10.4 Å². The molecule has 0 saturated heterocycles. The van der Waals surface area contributed by atoms with Crippen molar-refractivity contribution in [2.75, 3.05) is 11.9 Å². The lowest BCUT2D eigenvalue weighted by Crippen LogP contribution is -2.17. The van der Waals surface area contributed by atoms with Gasteiger partial charge in [-0.05, 0) is 31.5 Å². The second kappa shape index (κ2) is 6.86. The summed E-state index contributed by atoms with van der Waals surface area (Å²) < 4.78 is 6.37. The largest absolute Gasteiger partial charge is 0.437 e. The third kappa shape index (κ3) is 3.62. The number of anilines is 1. The van der Waals surface area contributed by atoms with Crippen molar-refractivity contribution in [1.82, 2.24) is 9.78 Å². The number of halogens is 2. The normalized spacial score (nSPS) is 10.7. The zero-order valence-electron chi connectivity index (χ0n) is 12.1. The van der Waals surface area contributed by atoms with E-state index in [0.29, 0.717) is 21.3 Å². The van der Waals surface area contributed by atoms with Crippen LogP contribution < -0.4 is 11.1 Å². The van der Waals surface area contributed by atoms with Crippen LogP contribution in [0, 0.1) is 11.3 Å². The molecule has 0 fully saturated rings. The average Bonchev–Trinajstić information content (AvgIpc) is 2.81. The molecule has 1 aromatic carbocycles. The van der Waals surface area contributed by atoms with E-state index < -0.39 is 5.76 Å². The smallest absolute Gasteiger partial charge is 0.392 e. The molecule has 0 aliphatic carbocycles. The van der Waals surface area contributed by atoms with Crippen molar-refractivity contribution in [1.29, 1.82) is 5.26 Å². The van der Waals surface area contributed by atoms with E-state index >= 15 is 0 Å². The molecule has 0 radical (unpaired) electrons. The summed E-state index contributed by atoms with van der Waals surface area (Å²) in [7, 11) is 0. The number of hydrogen-bond donors (Lipinski definition) is 1. The number of nitriles is 1. The molecular weight excluding hydrogens is 327 g/mol. The third-order valence-corrected chi connectivity index (χ3v) is 3.62. The van der Waals surface area contributed by atoms with Gasteiger partial charge in [-0.25, -0.2) is 4.79 Å². The Labute approximate surface area is 137 Å². The summed E-state index contributed by atoms with van der Waals surface area (Å²) in [4.78, 5) is 11.6. The minimum Gasteiger partial charge on any atom is -0.392 e. The Bertz CT molecular complexity index is 751. The van der Waals surface area contributed by atoms with Crippen LogP contribution in [-0.4, -0.2) is 16.3 Å². The zero-order chi connectivity index (χ0) is 16.3. The lowest BCUT2D eigenvalue weighted by molar-refractivity contribution is 0.434. The Hall–Kier alpha value is -1.97. The van der Waals surface area contributed by atoms with E-state index in [1.165, 1.54) is 4.68 Å². The summed E-state index contributed by atoms with van der Waals surface area (Å²) in [5.74, 6) is -0.259. The van der Waals surface area contributed by atoms with Gasteiger partial charge < -0.3 is 9.73 Å². The van der Waals surface area contributed by atoms with Gasteiger partial charge >= 0.3 is 5.76 Å². The summed E-state index contributed by atoms with van der Waals surface area (Å²) in [6, 6.07) is 5.21. The van der Waals surface area contributed by atoms with Crippen LogP contribution in [0.4, 0.5) is 5.69 Å².